The summed E-state index contributed by atoms with van der Waals surface area (Å²) in [5.41, 5.74) is 30.6. The Bertz CT molecular complexity index is 6540. The first kappa shape index (κ1) is 63.0. The van der Waals surface area contributed by atoms with E-state index in [1.165, 1.54) is 132 Å². The van der Waals surface area contributed by atoms with Crippen LogP contribution in [0.3, 0.4) is 0 Å². The Morgan fingerprint density at radius 1 is 0.229 bits per heavy atom. The largest absolute Gasteiger partial charge is 0.247 e. The highest BCUT2D eigenvalue weighted by Crippen LogP contribution is 2.57. The molecule has 0 spiro atoms. The van der Waals surface area contributed by atoms with Gasteiger partial charge < -0.3 is 0 Å². The van der Waals surface area contributed by atoms with Crippen molar-refractivity contribution in [3.8, 4) is 101 Å². The van der Waals surface area contributed by atoms with E-state index in [2.05, 4.69) is 329 Å². The van der Waals surface area contributed by atoms with Crippen LogP contribution >= 0.6 is 0 Å². The van der Waals surface area contributed by atoms with Gasteiger partial charge in [0.1, 0.15) is 0 Å². The molecule has 0 saturated heterocycles. The molecule has 7 heteroatoms. The summed E-state index contributed by atoms with van der Waals surface area (Å²) in [6.07, 6.45) is 5.45. The number of nitrogens with zero attached hydrogens (tertiary/aromatic N) is 7. The zero-order chi connectivity index (χ0) is 70.7. The SMILES string of the molecule is CC1(C)c2ccccc2-c2nc3ccccc3c(-c3ccc(-c4cc5ccccc5c5ccccc45)cc3)c21.CC1(C)c2ccccc2-c2nc3ccccc3c(-c3ccc(-c4ncc5ccccc5n4)cc3)c21.CC1(C)c2ccccc2-c2nc3ccccc3c(-c3ccc(-c4ncccn4)cc3)c21. The number of fused-ring (bicyclic) bond motifs is 16. The minimum Gasteiger partial charge on any atom is -0.247 e. The molecular formula is C98H71N7. The zero-order valence-corrected chi connectivity index (χ0v) is 59.2. The molecule has 18 aromatic rings. The van der Waals surface area contributed by atoms with Gasteiger partial charge in [0.25, 0.3) is 0 Å². The first-order chi connectivity index (χ1) is 51.4. The first-order valence-corrected chi connectivity index (χ1v) is 36.2. The molecule has 0 bridgehead atoms. The summed E-state index contributed by atoms with van der Waals surface area (Å²) < 4.78 is 0. The molecule has 7 nitrogen and oxygen atoms in total. The van der Waals surface area contributed by atoms with Crippen LogP contribution in [0.4, 0.5) is 0 Å². The van der Waals surface area contributed by atoms with Gasteiger partial charge in [0.2, 0.25) is 0 Å². The number of para-hydroxylation sites is 4. The van der Waals surface area contributed by atoms with Crippen LogP contribution in [0.1, 0.15) is 74.9 Å². The van der Waals surface area contributed by atoms with Crippen LogP contribution in [-0.4, -0.2) is 34.9 Å². The lowest BCUT2D eigenvalue weighted by Gasteiger charge is -2.25. The average Bonchev–Trinajstić information content (AvgIpc) is 1.57. The summed E-state index contributed by atoms with van der Waals surface area (Å²) in [4.78, 5) is 33.7. The van der Waals surface area contributed by atoms with Crippen LogP contribution in [0.15, 0.2) is 322 Å². The van der Waals surface area contributed by atoms with Crippen molar-refractivity contribution >= 4 is 65.2 Å². The molecule has 0 fully saturated rings. The third-order valence-electron chi connectivity index (χ3n) is 22.3. The van der Waals surface area contributed by atoms with Crippen LogP contribution < -0.4 is 0 Å². The minimum atomic E-state index is -0.140. The van der Waals surface area contributed by atoms with Crippen LogP contribution in [0.25, 0.3) is 166 Å². The van der Waals surface area contributed by atoms with E-state index in [-0.39, 0.29) is 16.2 Å². The predicted molar refractivity (Wildman–Crippen MR) is 434 cm³/mol. The molecule has 498 valence electrons. The van der Waals surface area contributed by atoms with Gasteiger partial charge in [0, 0.05) is 84.2 Å². The first-order valence-electron chi connectivity index (χ1n) is 36.2. The van der Waals surface area contributed by atoms with E-state index in [0.29, 0.717) is 0 Å². The lowest BCUT2D eigenvalue weighted by atomic mass is 9.78. The molecule has 0 aliphatic heterocycles. The molecule has 0 saturated carbocycles. The minimum absolute atomic E-state index is 0.125. The third-order valence-corrected chi connectivity index (χ3v) is 22.3. The van der Waals surface area contributed by atoms with Crippen molar-refractivity contribution in [2.24, 2.45) is 0 Å². The number of benzene rings is 13. The van der Waals surface area contributed by atoms with Crippen molar-refractivity contribution in [3.05, 3.63) is 355 Å². The maximum absolute atomic E-state index is 5.21. The van der Waals surface area contributed by atoms with E-state index in [0.717, 1.165) is 67.3 Å². The van der Waals surface area contributed by atoms with E-state index in [4.69, 9.17) is 19.9 Å². The van der Waals surface area contributed by atoms with E-state index in [1.807, 2.05) is 36.5 Å². The van der Waals surface area contributed by atoms with Crippen molar-refractivity contribution in [1.82, 2.24) is 34.9 Å². The van der Waals surface area contributed by atoms with E-state index in [1.54, 1.807) is 12.4 Å². The highest BCUT2D eigenvalue weighted by atomic mass is 14.9. The number of pyridine rings is 3. The number of aromatic nitrogens is 7. The molecular weight excluding hydrogens is 1280 g/mol. The highest BCUT2D eigenvalue weighted by molar-refractivity contribution is 6.14. The Labute approximate surface area is 610 Å². The average molecular weight is 1350 g/mol. The summed E-state index contributed by atoms with van der Waals surface area (Å²) in [6.45, 7) is 13.9. The van der Waals surface area contributed by atoms with Gasteiger partial charge in [-0.2, -0.15) is 0 Å². The van der Waals surface area contributed by atoms with Gasteiger partial charge in [-0.25, -0.2) is 34.9 Å². The fourth-order valence-electron chi connectivity index (χ4n) is 17.3. The van der Waals surface area contributed by atoms with Gasteiger partial charge in [-0.05, 0) is 136 Å². The molecule has 21 rings (SSSR count). The van der Waals surface area contributed by atoms with Crippen LogP contribution in [0.2, 0.25) is 0 Å². The summed E-state index contributed by atoms with van der Waals surface area (Å²) in [5, 5.41) is 9.78. The predicted octanol–water partition coefficient (Wildman–Crippen LogP) is 24.7. The molecule has 0 unspecified atom stereocenters. The summed E-state index contributed by atoms with van der Waals surface area (Å²) in [5.74, 6) is 1.49. The zero-order valence-electron chi connectivity index (χ0n) is 59.2. The van der Waals surface area contributed by atoms with Crippen LogP contribution in [0.5, 0.6) is 0 Å². The van der Waals surface area contributed by atoms with Crippen molar-refractivity contribution in [2.45, 2.75) is 57.8 Å². The number of hydrogen-bond acceptors (Lipinski definition) is 7. The fraction of sp³-hybridized carbons (Fsp3) is 0.0918. The maximum atomic E-state index is 5.21. The Hall–Kier alpha value is -13.0. The second-order valence-corrected chi connectivity index (χ2v) is 29.4. The fourth-order valence-corrected chi connectivity index (χ4v) is 17.3. The molecule has 3 aliphatic rings. The molecule has 5 heterocycles. The summed E-state index contributed by atoms with van der Waals surface area (Å²) >= 11 is 0. The third kappa shape index (κ3) is 10.3. The van der Waals surface area contributed by atoms with Crippen LogP contribution in [0, 0.1) is 0 Å². The summed E-state index contributed by atoms with van der Waals surface area (Å²) in [6, 6.07) is 108. The second-order valence-electron chi connectivity index (χ2n) is 29.4. The van der Waals surface area contributed by atoms with Gasteiger partial charge in [0.05, 0.1) is 39.1 Å². The lowest BCUT2D eigenvalue weighted by Crippen LogP contribution is -2.16. The highest BCUT2D eigenvalue weighted by Gasteiger charge is 2.42. The molecule has 0 radical (unpaired) electrons. The summed E-state index contributed by atoms with van der Waals surface area (Å²) in [7, 11) is 0. The molecule has 105 heavy (non-hydrogen) atoms. The molecule has 0 N–H and O–H groups in total. The van der Waals surface area contributed by atoms with Gasteiger partial charge in [-0.3, -0.25) is 0 Å². The van der Waals surface area contributed by atoms with E-state index >= 15 is 0 Å². The van der Waals surface area contributed by atoms with E-state index in [9.17, 15) is 0 Å². The Morgan fingerprint density at radius 3 is 1.01 bits per heavy atom. The molecule has 13 aromatic carbocycles. The Balaban J connectivity index is 0.000000109. The van der Waals surface area contributed by atoms with Crippen molar-refractivity contribution in [2.75, 3.05) is 0 Å². The van der Waals surface area contributed by atoms with Gasteiger partial charge in [-0.1, -0.05) is 308 Å². The normalized spacial score (nSPS) is 13.7. The standard InChI is InChI=1S/C38H27N.C32H23N3.C28H21N3/c1-38(2)33-17-9-7-15-30(33)37-36(38)35(31-16-8-10-18-34(31)39-37)25-21-19-24(20-22-25)32-23-26-11-3-4-12-27(26)28-13-5-6-14-29(28)32;1-32(2)25-12-6-4-10-23(25)30-29(32)28(24-11-5-8-14-27(24)34-30)20-15-17-21(18-16-20)31-33-19-22-9-3-7-13-26(22)35-31;1-28(2)22-10-5-3-8-20(22)26-25(28)24(21-9-4-6-11-23(21)31-26)18-12-14-19(15-13-18)27-29-16-7-17-30-27/h3-23H,1-2H3;3-19H,1-2H3;3-17H,1-2H3. The van der Waals surface area contributed by atoms with Gasteiger partial charge >= 0.3 is 0 Å². The molecule has 0 amide bonds. The quantitative estimate of drug-likeness (QED) is 0.153. The van der Waals surface area contributed by atoms with Crippen molar-refractivity contribution < 1.29 is 0 Å². The van der Waals surface area contributed by atoms with Crippen molar-refractivity contribution in [1.29, 1.82) is 0 Å². The number of rotatable bonds is 6. The second kappa shape index (κ2) is 24.6. The Morgan fingerprint density at radius 2 is 0.562 bits per heavy atom. The lowest BCUT2D eigenvalue weighted by molar-refractivity contribution is 0.661. The van der Waals surface area contributed by atoms with Crippen LogP contribution in [-0.2, 0) is 16.2 Å². The maximum Gasteiger partial charge on any atom is 0.159 e. The topological polar surface area (TPSA) is 90.2 Å². The van der Waals surface area contributed by atoms with Crippen molar-refractivity contribution in [3.63, 3.8) is 0 Å². The van der Waals surface area contributed by atoms with E-state index < -0.39 is 0 Å². The number of hydrogen-bond donors (Lipinski definition) is 0. The van der Waals surface area contributed by atoms with Gasteiger partial charge in [-0.15, -0.1) is 0 Å². The molecule has 3 aliphatic carbocycles. The Kier molecular flexibility index (Phi) is 14.8. The smallest absolute Gasteiger partial charge is 0.159 e. The molecule has 5 aromatic heterocycles. The monoisotopic (exact) mass is 1350 g/mol. The van der Waals surface area contributed by atoms with Gasteiger partial charge in [0.15, 0.2) is 11.6 Å². The molecule has 0 atom stereocenters.